The Morgan fingerprint density at radius 2 is 2.00 bits per heavy atom. The molecule has 0 spiro atoms. The van der Waals surface area contributed by atoms with Crippen LogP contribution in [0.1, 0.15) is 30.4 Å². The molecule has 4 rings (SSSR count). The number of aromatic nitrogens is 3. The molecule has 0 saturated carbocycles. The number of benzene rings is 1. The molecule has 1 atom stereocenters. The maximum Gasteiger partial charge on any atom is 0.128 e. The minimum Gasteiger partial charge on any atom is -0.354 e. The smallest absolute Gasteiger partial charge is 0.128 e. The van der Waals surface area contributed by atoms with Crippen LogP contribution >= 0.6 is 0 Å². The zero-order valence-electron chi connectivity index (χ0n) is 14.7. The van der Waals surface area contributed by atoms with Crippen molar-refractivity contribution < 1.29 is 0 Å². The highest BCUT2D eigenvalue weighted by Crippen LogP contribution is 2.36. The van der Waals surface area contributed by atoms with Crippen LogP contribution in [0, 0.1) is 11.3 Å². The van der Waals surface area contributed by atoms with E-state index in [2.05, 4.69) is 52.3 Å². The Labute approximate surface area is 148 Å². The van der Waals surface area contributed by atoms with Crippen LogP contribution in [-0.4, -0.2) is 58.0 Å². The van der Waals surface area contributed by atoms with Crippen LogP contribution in [0.4, 0.5) is 0 Å². The van der Waals surface area contributed by atoms with Crippen LogP contribution < -0.4 is 0 Å². The molecule has 0 amide bonds. The SMILES string of the molecule is CC1CC=C(N2CCN(C)CC2)n2nncc2-c2cc(C#N)ccc21. The normalized spacial score (nSPS) is 20.8. The van der Waals surface area contributed by atoms with Gasteiger partial charge in [0.25, 0.3) is 0 Å². The van der Waals surface area contributed by atoms with Gasteiger partial charge in [0.2, 0.25) is 0 Å². The first-order valence-corrected chi connectivity index (χ1v) is 8.76. The van der Waals surface area contributed by atoms with Gasteiger partial charge in [-0.05, 0) is 43.2 Å². The minimum absolute atomic E-state index is 0.383. The average molecular weight is 334 g/mol. The zero-order chi connectivity index (χ0) is 17.4. The number of hydrogen-bond acceptors (Lipinski definition) is 5. The van der Waals surface area contributed by atoms with Crippen molar-refractivity contribution >= 4 is 5.82 Å². The molecule has 1 saturated heterocycles. The topological polar surface area (TPSA) is 61.0 Å². The van der Waals surface area contributed by atoms with Crippen LogP contribution in [-0.2, 0) is 0 Å². The van der Waals surface area contributed by atoms with Gasteiger partial charge >= 0.3 is 0 Å². The highest BCUT2D eigenvalue weighted by Gasteiger charge is 2.25. The molecule has 0 bridgehead atoms. The third kappa shape index (κ3) is 2.81. The molecule has 6 nitrogen and oxygen atoms in total. The Kier molecular flexibility index (Phi) is 4.02. The van der Waals surface area contributed by atoms with Gasteiger partial charge in [0.1, 0.15) is 5.82 Å². The number of allylic oxidation sites excluding steroid dienone is 1. The molecular weight excluding hydrogens is 312 g/mol. The second kappa shape index (κ2) is 6.34. The van der Waals surface area contributed by atoms with Crippen molar-refractivity contribution in [2.75, 3.05) is 33.2 Å². The first-order valence-electron chi connectivity index (χ1n) is 8.76. The molecule has 2 aliphatic heterocycles. The molecule has 1 aromatic carbocycles. The zero-order valence-corrected chi connectivity index (χ0v) is 14.7. The average Bonchev–Trinajstić information content (AvgIpc) is 3.10. The summed E-state index contributed by atoms with van der Waals surface area (Å²) in [6.07, 6.45) is 5.04. The highest BCUT2D eigenvalue weighted by atomic mass is 15.5. The van der Waals surface area contributed by atoms with E-state index in [1.807, 2.05) is 23.0 Å². The highest BCUT2D eigenvalue weighted by molar-refractivity contribution is 5.70. The molecule has 0 aliphatic carbocycles. The monoisotopic (exact) mass is 334 g/mol. The number of likely N-dealkylation sites (N-methyl/N-ethyl adjacent to an activating group) is 1. The molecule has 6 heteroatoms. The summed E-state index contributed by atoms with van der Waals surface area (Å²) in [7, 11) is 2.16. The molecule has 3 heterocycles. The van der Waals surface area contributed by atoms with E-state index >= 15 is 0 Å². The number of nitriles is 1. The fourth-order valence-corrected chi connectivity index (χ4v) is 3.66. The van der Waals surface area contributed by atoms with Crippen LogP contribution in [0.3, 0.4) is 0 Å². The summed E-state index contributed by atoms with van der Waals surface area (Å²) in [6.45, 7) is 6.31. The fourth-order valence-electron chi connectivity index (χ4n) is 3.66. The number of fused-ring (bicyclic) bond motifs is 3. The van der Waals surface area contributed by atoms with Crippen molar-refractivity contribution in [3.05, 3.63) is 41.6 Å². The van der Waals surface area contributed by atoms with E-state index < -0.39 is 0 Å². The minimum atomic E-state index is 0.383. The molecular formula is C19H22N6. The summed E-state index contributed by atoms with van der Waals surface area (Å²) < 4.78 is 1.94. The summed E-state index contributed by atoms with van der Waals surface area (Å²) in [5, 5.41) is 17.9. The Balaban J connectivity index is 1.81. The third-order valence-corrected chi connectivity index (χ3v) is 5.24. The molecule has 2 aliphatic rings. The van der Waals surface area contributed by atoms with E-state index in [0.29, 0.717) is 11.5 Å². The maximum absolute atomic E-state index is 9.30. The van der Waals surface area contributed by atoms with Crippen molar-refractivity contribution in [1.82, 2.24) is 24.8 Å². The Hall–Kier alpha value is -2.65. The first-order chi connectivity index (χ1) is 12.2. The lowest BCUT2D eigenvalue weighted by Crippen LogP contribution is -2.44. The first kappa shape index (κ1) is 15.9. The largest absolute Gasteiger partial charge is 0.354 e. The van der Waals surface area contributed by atoms with Crippen molar-refractivity contribution in [3.8, 4) is 17.3 Å². The number of rotatable bonds is 1. The summed E-state index contributed by atoms with van der Waals surface area (Å²) >= 11 is 0. The lowest BCUT2D eigenvalue weighted by atomic mass is 9.89. The van der Waals surface area contributed by atoms with Crippen LogP contribution in [0.2, 0.25) is 0 Å². The van der Waals surface area contributed by atoms with Crippen molar-refractivity contribution in [2.24, 2.45) is 0 Å². The van der Waals surface area contributed by atoms with Gasteiger partial charge in [0.15, 0.2) is 0 Å². The second-order valence-electron chi connectivity index (χ2n) is 6.93. The molecule has 2 aromatic rings. The van der Waals surface area contributed by atoms with E-state index in [9.17, 15) is 5.26 Å². The lowest BCUT2D eigenvalue weighted by Gasteiger charge is -2.36. The Morgan fingerprint density at radius 1 is 1.20 bits per heavy atom. The second-order valence-corrected chi connectivity index (χ2v) is 6.93. The van der Waals surface area contributed by atoms with E-state index in [1.165, 1.54) is 5.56 Å². The van der Waals surface area contributed by atoms with Gasteiger partial charge in [-0.15, -0.1) is 5.10 Å². The summed E-state index contributed by atoms with van der Waals surface area (Å²) in [5.41, 5.74) is 3.95. The van der Waals surface area contributed by atoms with Gasteiger partial charge < -0.3 is 9.80 Å². The predicted octanol–water partition coefficient (Wildman–Crippen LogP) is 2.37. The molecule has 1 unspecified atom stereocenters. The van der Waals surface area contributed by atoms with Gasteiger partial charge in [0.05, 0.1) is 23.5 Å². The molecule has 128 valence electrons. The number of nitrogens with zero attached hydrogens (tertiary/aromatic N) is 6. The maximum atomic E-state index is 9.30. The van der Waals surface area contributed by atoms with Crippen LogP contribution in [0.15, 0.2) is 30.5 Å². The van der Waals surface area contributed by atoms with Gasteiger partial charge in [-0.1, -0.05) is 18.2 Å². The summed E-state index contributed by atoms with van der Waals surface area (Å²) in [6, 6.07) is 8.19. The van der Waals surface area contributed by atoms with Gasteiger partial charge in [0, 0.05) is 31.7 Å². The molecule has 25 heavy (non-hydrogen) atoms. The van der Waals surface area contributed by atoms with Gasteiger partial charge in [-0.2, -0.15) is 9.94 Å². The standard InChI is InChI=1S/C19H22N6/c1-14-3-6-19(24-9-7-23(2)8-10-24)25-18(13-21-22-25)17-11-15(12-20)4-5-16(14)17/h4-6,11,13-14H,3,7-10H2,1-2H3. The van der Waals surface area contributed by atoms with Crippen molar-refractivity contribution in [3.63, 3.8) is 0 Å². The molecule has 1 fully saturated rings. The fraction of sp³-hybridized carbons (Fsp3) is 0.421. The molecule has 0 N–H and O–H groups in total. The number of hydrogen-bond donors (Lipinski definition) is 0. The number of piperazine rings is 1. The van der Waals surface area contributed by atoms with Gasteiger partial charge in [-0.3, -0.25) is 0 Å². The van der Waals surface area contributed by atoms with Crippen LogP contribution in [0.5, 0.6) is 0 Å². The van der Waals surface area contributed by atoms with Crippen molar-refractivity contribution in [2.45, 2.75) is 19.3 Å². The van der Waals surface area contributed by atoms with E-state index in [1.54, 1.807) is 0 Å². The molecule has 1 aromatic heterocycles. The van der Waals surface area contributed by atoms with E-state index in [-0.39, 0.29) is 0 Å². The Morgan fingerprint density at radius 3 is 2.76 bits per heavy atom. The van der Waals surface area contributed by atoms with Crippen LogP contribution in [0.25, 0.3) is 17.1 Å². The summed E-state index contributed by atoms with van der Waals surface area (Å²) in [4.78, 5) is 4.74. The summed E-state index contributed by atoms with van der Waals surface area (Å²) in [5.74, 6) is 1.49. The third-order valence-electron chi connectivity index (χ3n) is 5.24. The van der Waals surface area contributed by atoms with E-state index in [4.69, 9.17) is 0 Å². The van der Waals surface area contributed by atoms with E-state index in [0.717, 1.165) is 49.7 Å². The quantitative estimate of drug-likeness (QED) is 0.801. The predicted molar refractivity (Wildman–Crippen MR) is 96.5 cm³/mol. The Bertz CT molecular complexity index is 851. The lowest BCUT2D eigenvalue weighted by molar-refractivity contribution is 0.200. The van der Waals surface area contributed by atoms with Gasteiger partial charge in [-0.25, -0.2) is 0 Å². The molecule has 0 radical (unpaired) electrons. The van der Waals surface area contributed by atoms with Crippen molar-refractivity contribution in [1.29, 1.82) is 5.26 Å².